The number of anilines is 1. The molecule has 5 rings (SSSR count). The van der Waals surface area contributed by atoms with Crippen molar-refractivity contribution in [1.29, 1.82) is 0 Å². The van der Waals surface area contributed by atoms with E-state index in [1.165, 1.54) is 26.7 Å². The van der Waals surface area contributed by atoms with Crippen LogP contribution in [0.2, 0.25) is 0 Å². The molecule has 0 bridgehead atoms. The molecule has 2 aliphatic heterocycles. The van der Waals surface area contributed by atoms with Gasteiger partial charge in [0.2, 0.25) is 0 Å². The Labute approximate surface area is 176 Å². The number of quaternary nitrogens is 1. The van der Waals surface area contributed by atoms with Crippen molar-refractivity contribution in [2.45, 2.75) is 19.1 Å². The first-order valence-corrected chi connectivity index (χ1v) is 11.2. The molecule has 0 spiro atoms. The van der Waals surface area contributed by atoms with Gasteiger partial charge in [0.1, 0.15) is 28.3 Å². The van der Waals surface area contributed by atoms with Gasteiger partial charge < -0.3 is 20.3 Å². The van der Waals surface area contributed by atoms with Crippen molar-refractivity contribution in [1.82, 2.24) is 5.32 Å². The highest BCUT2D eigenvalue weighted by Gasteiger charge is 2.34. The van der Waals surface area contributed by atoms with Gasteiger partial charge in [-0.2, -0.15) is 0 Å². The molecule has 4 heterocycles. The van der Waals surface area contributed by atoms with Crippen LogP contribution in [0.1, 0.15) is 42.2 Å². The number of fused-ring (bicyclic) bond motifs is 3. The molecule has 3 aromatic rings. The van der Waals surface area contributed by atoms with Gasteiger partial charge in [-0.15, -0.1) is 22.7 Å². The lowest BCUT2D eigenvalue weighted by molar-refractivity contribution is -0.895. The molecule has 1 unspecified atom stereocenters. The number of carbonyl (C=O) groups is 2. The second-order valence-electron chi connectivity index (χ2n) is 7.33. The highest BCUT2D eigenvalue weighted by Crippen LogP contribution is 2.39. The van der Waals surface area contributed by atoms with Crippen LogP contribution in [0.15, 0.2) is 41.8 Å². The van der Waals surface area contributed by atoms with Crippen LogP contribution in [0.3, 0.4) is 0 Å². The number of amides is 1. The summed E-state index contributed by atoms with van der Waals surface area (Å²) >= 11 is 3.02. The first-order valence-electron chi connectivity index (χ1n) is 9.47. The number of likely N-dealkylation sites (N-methyl/N-ethyl adjacent to an activating group) is 1. The van der Waals surface area contributed by atoms with Gasteiger partial charge in [0, 0.05) is 6.42 Å². The second kappa shape index (κ2) is 7.29. The first-order chi connectivity index (χ1) is 14.1. The van der Waals surface area contributed by atoms with Crippen molar-refractivity contribution in [3.63, 3.8) is 0 Å². The molecule has 1 aromatic carbocycles. The number of nitrogens with one attached hydrogen (secondary N) is 3. The lowest BCUT2D eigenvalue weighted by Crippen LogP contribution is -3.08. The first kappa shape index (κ1) is 18.4. The monoisotopic (exact) mass is 426 g/mol. The minimum Gasteiger partial charge on any atom is -0.422 e. The molecule has 0 aliphatic carbocycles. The smallest absolute Gasteiger partial charge is 0.353 e. The predicted octanol–water partition coefficient (Wildman–Crippen LogP) is 2.45. The Balaban J connectivity index is 1.39. The molecular formula is C21H20N3O3S2+. The van der Waals surface area contributed by atoms with E-state index >= 15 is 0 Å². The maximum atomic E-state index is 12.9. The number of hydrogen-bond donors (Lipinski definition) is 3. The highest BCUT2D eigenvalue weighted by atomic mass is 32.1. The number of rotatable bonds is 3. The van der Waals surface area contributed by atoms with Gasteiger partial charge in [-0.05, 0) is 34.7 Å². The van der Waals surface area contributed by atoms with E-state index in [-0.39, 0.29) is 18.0 Å². The summed E-state index contributed by atoms with van der Waals surface area (Å²) in [4.78, 5) is 28.4. The van der Waals surface area contributed by atoms with Gasteiger partial charge in [0.15, 0.2) is 0 Å². The lowest BCUT2D eigenvalue weighted by Gasteiger charge is -2.27. The fraction of sp³-hybridized carbons (Fsp3) is 0.238. The Bertz CT molecular complexity index is 1090. The van der Waals surface area contributed by atoms with Gasteiger partial charge >= 0.3 is 5.97 Å². The number of esters is 1. The molecule has 0 saturated heterocycles. The number of thiophene rings is 2. The largest absolute Gasteiger partial charge is 0.422 e. The topological polar surface area (TPSA) is 71.9 Å². The number of ether oxygens (including phenoxy) is 1. The standard InChI is InChI=1S/C21H19N3O3S2/c1-24-8-7-14-16(11-24)29-20-17(14)19(25)22-18(23-20)12-4-2-5-13(10-12)27-21(26)15-6-3-9-28-15/h2-6,9-10,18,23H,7-8,11H2,1H3,(H,22,25)/p+1/t18-/m1/s1. The maximum absolute atomic E-state index is 12.9. The van der Waals surface area contributed by atoms with Gasteiger partial charge in [-0.25, -0.2) is 4.79 Å². The van der Waals surface area contributed by atoms with E-state index in [0.717, 1.165) is 35.6 Å². The Kier molecular flexibility index (Phi) is 4.61. The highest BCUT2D eigenvalue weighted by molar-refractivity contribution is 7.16. The minimum absolute atomic E-state index is 0.0400. The van der Waals surface area contributed by atoms with Crippen molar-refractivity contribution >= 4 is 39.6 Å². The average Bonchev–Trinajstić information content (AvgIpc) is 3.35. The molecule has 6 nitrogen and oxygen atoms in total. The third-order valence-corrected chi connectivity index (χ3v) is 7.27. The van der Waals surface area contributed by atoms with E-state index in [1.54, 1.807) is 29.5 Å². The summed E-state index contributed by atoms with van der Waals surface area (Å²) in [5, 5.41) is 9.29. The van der Waals surface area contributed by atoms with Crippen LogP contribution in [-0.4, -0.2) is 25.5 Å². The number of hydrogen-bond acceptors (Lipinski definition) is 6. The summed E-state index contributed by atoms with van der Waals surface area (Å²) in [7, 11) is 2.18. The van der Waals surface area contributed by atoms with E-state index in [0.29, 0.717) is 10.6 Å². The van der Waals surface area contributed by atoms with Gasteiger partial charge in [-0.1, -0.05) is 18.2 Å². The van der Waals surface area contributed by atoms with E-state index < -0.39 is 0 Å². The second-order valence-corrected chi connectivity index (χ2v) is 9.38. The summed E-state index contributed by atoms with van der Waals surface area (Å²) in [6, 6.07) is 10.8. The molecule has 2 aromatic heterocycles. The maximum Gasteiger partial charge on any atom is 0.353 e. The van der Waals surface area contributed by atoms with Crippen LogP contribution in [0.5, 0.6) is 5.75 Å². The van der Waals surface area contributed by atoms with E-state index in [9.17, 15) is 9.59 Å². The van der Waals surface area contributed by atoms with Crippen molar-refractivity contribution in [2.24, 2.45) is 0 Å². The van der Waals surface area contributed by atoms with Crippen LogP contribution in [0.25, 0.3) is 0 Å². The molecule has 0 radical (unpaired) electrons. The summed E-state index contributed by atoms with van der Waals surface area (Å²) in [6.07, 6.45) is 0.571. The van der Waals surface area contributed by atoms with E-state index in [2.05, 4.69) is 17.7 Å². The Morgan fingerprint density at radius 3 is 2.97 bits per heavy atom. The third kappa shape index (κ3) is 3.43. The Hall–Kier alpha value is -2.68. The predicted molar refractivity (Wildman–Crippen MR) is 113 cm³/mol. The van der Waals surface area contributed by atoms with Crippen molar-refractivity contribution in [2.75, 3.05) is 18.9 Å². The Morgan fingerprint density at radius 2 is 2.14 bits per heavy atom. The van der Waals surface area contributed by atoms with Crippen LogP contribution in [-0.2, 0) is 13.0 Å². The molecule has 2 atom stereocenters. The van der Waals surface area contributed by atoms with Crippen LogP contribution < -0.4 is 20.3 Å². The lowest BCUT2D eigenvalue weighted by atomic mass is 10.0. The van der Waals surface area contributed by atoms with E-state index in [1.807, 2.05) is 23.6 Å². The fourth-order valence-corrected chi connectivity index (χ4v) is 5.79. The zero-order valence-electron chi connectivity index (χ0n) is 15.8. The molecule has 1 amide bonds. The molecule has 148 valence electrons. The van der Waals surface area contributed by atoms with Crippen LogP contribution in [0.4, 0.5) is 5.00 Å². The van der Waals surface area contributed by atoms with Crippen molar-refractivity contribution in [3.8, 4) is 5.75 Å². The SMILES string of the molecule is C[NH+]1CCc2c(sc3c2C(=O)N[C@@H](c2cccc(OC(=O)c4cccs4)c2)N3)C1. The van der Waals surface area contributed by atoms with Crippen molar-refractivity contribution < 1.29 is 19.2 Å². The van der Waals surface area contributed by atoms with E-state index in [4.69, 9.17) is 4.74 Å². The molecule has 0 saturated carbocycles. The van der Waals surface area contributed by atoms with Gasteiger partial charge in [0.05, 0.1) is 24.0 Å². The van der Waals surface area contributed by atoms with Crippen LogP contribution >= 0.6 is 22.7 Å². The molecule has 29 heavy (non-hydrogen) atoms. The molecule has 0 fully saturated rings. The Morgan fingerprint density at radius 1 is 1.24 bits per heavy atom. The third-order valence-electron chi connectivity index (χ3n) is 5.26. The normalized spacial score (nSPS) is 20.2. The fourth-order valence-electron chi connectivity index (χ4n) is 3.81. The van der Waals surface area contributed by atoms with Crippen LogP contribution in [0, 0.1) is 0 Å². The zero-order valence-corrected chi connectivity index (χ0v) is 17.4. The minimum atomic E-state index is -0.377. The number of carbonyl (C=O) groups excluding carboxylic acids is 2. The average molecular weight is 427 g/mol. The van der Waals surface area contributed by atoms with Gasteiger partial charge in [-0.3, -0.25) is 4.79 Å². The molecular weight excluding hydrogens is 406 g/mol. The molecule has 3 N–H and O–H groups in total. The summed E-state index contributed by atoms with van der Waals surface area (Å²) in [5.41, 5.74) is 2.83. The summed E-state index contributed by atoms with van der Waals surface area (Å²) in [6.45, 7) is 2.01. The molecule has 8 heteroatoms. The summed E-state index contributed by atoms with van der Waals surface area (Å²) in [5.74, 6) is 0.0397. The quantitative estimate of drug-likeness (QED) is 0.444. The van der Waals surface area contributed by atoms with Gasteiger partial charge in [0.25, 0.3) is 5.91 Å². The molecule has 2 aliphatic rings. The summed E-state index contributed by atoms with van der Waals surface area (Å²) < 4.78 is 5.50. The number of benzene rings is 1. The zero-order chi connectivity index (χ0) is 20.0. The van der Waals surface area contributed by atoms with Crippen molar-refractivity contribution in [3.05, 3.63) is 68.2 Å².